The lowest BCUT2D eigenvalue weighted by atomic mass is 10.1. The van der Waals surface area contributed by atoms with Gasteiger partial charge >= 0.3 is 0 Å². The maximum Gasteiger partial charge on any atom is 0.245 e. The molecule has 1 aromatic carbocycles. The Morgan fingerprint density at radius 1 is 1.00 bits per heavy atom. The van der Waals surface area contributed by atoms with Gasteiger partial charge in [-0.3, -0.25) is 9.59 Å². The van der Waals surface area contributed by atoms with E-state index in [1.54, 1.807) is 0 Å². The van der Waals surface area contributed by atoms with E-state index in [2.05, 4.69) is 0 Å². The second-order valence-electron chi connectivity index (χ2n) is 6.26. The molecule has 0 spiro atoms. The fourth-order valence-electron chi connectivity index (χ4n) is 3.51. The largest absolute Gasteiger partial charge is 0.341 e. The van der Waals surface area contributed by atoms with Crippen LogP contribution in [0.2, 0.25) is 0 Å². The Hall–Kier alpha value is -1.84. The highest BCUT2D eigenvalue weighted by atomic mass is 16.2. The third-order valence-corrected chi connectivity index (χ3v) is 4.75. The van der Waals surface area contributed by atoms with Crippen molar-refractivity contribution in [2.24, 2.45) is 0 Å². The van der Waals surface area contributed by atoms with Gasteiger partial charge in [-0.15, -0.1) is 0 Å². The summed E-state index contributed by atoms with van der Waals surface area (Å²) >= 11 is 0. The van der Waals surface area contributed by atoms with Crippen LogP contribution in [0.1, 0.15) is 37.7 Å². The molecule has 0 unspecified atom stereocenters. The summed E-state index contributed by atoms with van der Waals surface area (Å²) in [4.78, 5) is 28.8. The van der Waals surface area contributed by atoms with E-state index >= 15 is 0 Å². The molecule has 1 atom stereocenters. The summed E-state index contributed by atoms with van der Waals surface area (Å²) in [7, 11) is 0. The molecular weight excluding hydrogens is 276 g/mol. The first-order chi connectivity index (χ1) is 10.8. The van der Waals surface area contributed by atoms with Crippen LogP contribution in [0, 0.1) is 0 Å². The first kappa shape index (κ1) is 15.1. The fourth-order valence-corrected chi connectivity index (χ4v) is 3.51. The van der Waals surface area contributed by atoms with E-state index < -0.39 is 0 Å². The zero-order chi connectivity index (χ0) is 15.4. The normalized spacial score (nSPS) is 21.4. The monoisotopic (exact) mass is 300 g/mol. The minimum absolute atomic E-state index is 0.124. The first-order valence-corrected chi connectivity index (χ1v) is 8.38. The molecule has 2 aliphatic rings. The van der Waals surface area contributed by atoms with Crippen LogP contribution in [0.4, 0.5) is 0 Å². The number of amides is 2. The summed E-state index contributed by atoms with van der Waals surface area (Å²) in [5, 5.41) is 0. The molecule has 0 radical (unpaired) electrons. The van der Waals surface area contributed by atoms with Gasteiger partial charge in [0, 0.05) is 26.1 Å². The molecular formula is C18H24N2O2. The molecule has 3 rings (SSSR count). The predicted molar refractivity (Wildman–Crippen MR) is 85.3 cm³/mol. The number of hydrogen-bond donors (Lipinski definition) is 0. The van der Waals surface area contributed by atoms with Crippen LogP contribution in [-0.2, 0) is 16.0 Å². The van der Waals surface area contributed by atoms with Gasteiger partial charge in [0.05, 0.1) is 0 Å². The molecule has 2 heterocycles. The van der Waals surface area contributed by atoms with Crippen molar-refractivity contribution in [2.45, 2.75) is 44.6 Å². The predicted octanol–water partition coefficient (Wildman–Crippen LogP) is 2.23. The minimum atomic E-state index is -0.207. The molecule has 2 aliphatic heterocycles. The van der Waals surface area contributed by atoms with Gasteiger partial charge in [-0.05, 0) is 37.7 Å². The first-order valence-electron chi connectivity index (χ1n) is 8.38. The number of nitrogens with zero attached hydrogens (tertiary/aromatic N) is 2. The standard InChI is InChI=1S/C18H24N2O2/c21-17(11-10-15-7-2-1-3-8-15)20-14-6-9-16(20)18(22)19-12-4-5-13-19/h1-3,7-8,16H,4-6,9-14H2/t16-/m0/s1. The highest BCUT2D eigenvalue weighted by molar-refractivity contribution is 5.88. The number of carbonyl (C=O) groups excluding carboxylic acids is 2. The molecule has 4 nitrogen and oxygen atoms in total. The third-order valence-electron chi connectivity index (χ3n) is 4.75. The van der Waals surface area contributed by atoms with Gasteiger partial charge in [0.25, 0.3) is 0 Å². The van der Waals surface area contributed by atoms with Crippen LogP contribution in [0.15, 0.2) is 30.3 Å². The van der Waals surface area contributed by atoms with Crippen molar-refractivity contribution in [1.82, 2.24) is 9.80 Å². The van der Waals surface area contributed by atoms with Crippen molar-refractivity contribution >= 4 is 11.8 Å². The SMILES string of the molecule is O=C([C@@H]1CCCN1C(=O)CCc1ccccc1)N1CCCC1. The molecule has 22 heavy (non-hydrogen) atoms. The number of rotatable bonds is 4. The quantitative estimate of drug-likeness (QED) is 0.855. The van der Waals surface area contributed by atoms with Crippen LogP contribution >= 0.6 is 0 Å². The molecule has 2 saturated heterocycles. The van der Waals surface area contributed by atoms with Crippen molar-refractivity contribution in [3.63, 3.8) is 0 Å². The lowest BCUT2D eigenvalue weighted by molar-refractivity contribution is -0.143. The van der Waals surface area contributed by atoms with E-state index in [9.17, 15) is 9.59 Å². The molecule has 0 saturated carbocycles. The lowest BCUT2D eigenvalue weighted by Gasteiger charge is -2.27. The molecule has 1 aromatic rings. The average Bonchev–Trinajstić information content (AvgIpc) is 3.24. The van der Waals surface area contributed by atoms with Gasteiger partial charge in [-0.1, -0.05) is 30.3 Å². The van der Waals surface area contributed by atoms with Crippen molar-refractivity contribution in [2.75, 3.05) is 19.6 Å². The molecule has 0 N–H and O–H groups in total. The molecule has 2 amide bonds. The summed E-state index contributed by atoms with van der Waals surface area (Å²) in [6, 6.07) is 9.86. The summed E-state index contributed by atoms with van der Waals surface area (Å²) in [6.07, 6.45) is 5.21. The van der Waals surface area contributed by atoms with E-state index in [-0.39, 0.29) is 17.9 Å². The van der Waals surface area contributed by atoms with Crippen LogP contribution in [0.5, 0.6) is 0 Å². The second-order valence-corrected chi connectivity index (χ2v) is 6.26. The summed E-state index contributed by atoms with van der Waals surface area (Å²) in [6.45, 7) is 2.46. The van der Waals surface area contributed by atoms with Gasteiger partial charge in [0.2, 0.25) is 11.8 Å². The topological polar surface area (TPSA) is 40.6 Å². The number of hydrogen-bond acceptors (Lipinski definition) is 2. The van der Waals surface area contributed by atoms with E-state index in [0.717, 1.165) is 51.7 Å². The number of benzene rings is 1. The summed E-state index contributed by atoms with van der Waals surface area (Å²) in [5.74, 6) is 0.293. The molecule has 0 aliphatic carbocycles. The number of aryl methyl sites for hydroxylation is 1. The summed E-state index contributed by atoms with van der Waals surface area (Å²) < 4.78 is 0. The third kappa shape index (κ3) is 3.32. The molecule has 0 bridgehead atoms. The smallest absolute Gasteiger partial charge is 0.245 e. The Kier molecular flexibility index (Phi) is 4.76. The van der Waals surface area contributed by atoms with Crippen molar-refractivity contribution in [3.8, 4) is 0 Å². The van der Waals surface area contributed by atoms with Gasteiger partial charge in [0.15, 0.2) is 0 Å². The van der Waals surface area contributed by atoms with E-state index in [4.69, 9.17) is 0 Å². The Bertz CT molecular complexity index is 523. The maximum absolute atomic E-state index is 12.6. The Balaban J connectivity index is 1.57. The Morgan fingerprint density at radius 3 is 2.45 bits per heavy atom. The van der Waals surface area contributed by atoms with E-state index in [0.29, 0.717) is 6.42 Å². The molecule has 4 heteroatoms. The second kappa shape index (κ2) is 6.95. The van der Waals surface area contributed by atoms with Gasteiger partial charge in [0.1, 0.15) is 6.04 Å². The zero-order valence-electron chi connectivity index (χ0n) is 13.0. The Morgan fingerprint density at radius 2 is 1.73 bits per heavy atom. The van der Waals surface area contributed by atoms with E-state index in [1.165, 1.54) is 5.56 Å². The number of likely N-dealkylation sites (tertiary alicyclic amines) is 2. The van der Waals surface area contributed by atoms with Crippen molar-refractivity contribution in [1.29, 1.82) is 0 Å². The Labute approximate surface area is 132 Å². The summed E-state index contributed by atoms with van der Waals surface area (Å²) in [5.41, 5.74) is 1.18. The van der Waals surface area contributed by atoms with Crippen LogP contribution in [0.25, 0.3) is 0 Å². The lowest BCUT2D eigenvalue weighted by Crippen LogP contribution is -2.47. The van der Waals surface area contributed by atoms with Crippen LogP contribution < -0.4 is 0 Å². The molecule has 2 fully saturated rings. The number of carbonyl (C=O) groups is 2. The zero-order valence-corrected chi connectivity index (χ0v) is 13.0. The van der Waals surface area contributed by atoms with Crippen LogP contribution in [0.3, 0.4) is 0 Å². The highest BCUT2D eigenvalue weighted by Crippen LogP contribution is 2.22. The molecule has 118 valence electrons. The highest BCUT2D eigenvalue weighted by Gasteiger charge is 2.36. The maximum atomic E-state index is 12.6. The van der Waals surface area contributed by atoms with Gasteiger partial charge in [-0.2, -0.15) is 0 Å². The van der Waals surface area contributed by atoms with Crippen molar-refractivity contribution < 1.29 is 9.59 Å². The minimum Gasteiger partial charge on any atom is -0.341 e. The fraction of sp³-hybridized carbons (Fsp3) is 0.556. The van der Waals surface area contributed by atoms with Gasteiger partial charge < -0.3 is 9.80 Å². The molecule has 0 aromatic heterocycles. The van der Waals surface area contributed by atoms with Gasteiger partial charge in [-0.25, -0.2) is 0 Å². The van der Waals surface area contributed by atoms with Crippen LogP contribution in [-0.4, -0.2) is 47.3 Å². The average molecular weight is 300 g/mol. The van der Waals surface area contributed by atoms with E-state index in [1.807, 2.05) is 40.1 Å². The van der Waals surface area contributed by atoms with Crippen molar-refractivity contribution in [3.05, 3.63) is 35.9 Å².